The number of piperidine rings is 1. The van der Waals surface area contributed by atoms with E-state index in [1.807, 2.05) is 4.90 Å². The van der Waals surface area contributed by atoms with Crippen molar-refractivity contribution in [3.8, 4) is 17.8 Å². The van der Waals surface area contributed by atoms with Crippen molar-refractivity contribution in [2.45, 2.75) is 58.1 Å². The lowest BCUT2D eigenvalue weighted by Crippen LogP contribution is -2.47. The quantitative estimate of drug-likeness (QED) is 0.425. The lowest BCUT2D eigenvalue weighted by Gasteiger charge is -2.32. The molecular formula is C25H34N8O4. The van der Waals surface area contributed by atoms with Gasteiger partial charge in [0.2, 0.25) is 11.8 Å². The van der Waals surface area contributed by atoms with Crippen molar-refractivity contribution in [1.29, 1.82) is 5.26 Å². The Hall–Kier alpha value is -3.72. The fourth-order valence-corrected chi connectivity index (χ4v) is 3.77. The van der Waals surface area contributed by atoms with Crippen LogP contribution in [-0.4, -0.2) is 68.9 Å². The normalized spacial score (nSPS) is 18.0. The van der Waals surface area contributed by atoms with E-state index in [4.69, 9.17) is 15.2 Å². The summed E-state index contributed by atoms with van der Waals surface area (Å²) in [6.07, 6.45) is 4.81. The maximum atomic E-state index is 12.9. The predicted octanol–water partition coefficient (Wildman–Crippen LogP) is 1.72. The average molecular weight is 511 g/mol. The van der Waals surface area contributed by atoms with Crippen LogP contribution in [0.15, 0.2) is 18.3 Å². The van der Waals surface area contributed by atoms with E-state index in [9.17, 15) is 15.2 Å². The molecule has 0 radical (unpaired) electrons. The number of hydrogen-bond acceptors (Lipinski definition) is 11. The molecule has 4 N–H and O–H groups in total. The van der Waals surface area contributed by atoms with Gasteiger partial charge in [-0.3, -0.25) is 4.79 Å². The Kier molecular flexibility index (Phi) is 7.63. The summed E-state index contributed by atoms with van der Waals surface area (Å²) in [5.74, 6) is 0.952. The number of carbonyl (C=O) groups excluding carboxylic acids is 1. The van der Waals surface area contributed by atoms with Crippen LogP contribution in [-0.2, 0) is 0 Å². The number of nitrogens with one attached hydrogen (secondary N) is 1. The number of anilines is 2. The molecule has 1 amide bonds. The molecule has 0 bridgehead atoms. The number of amides is 1. The van der Waals surface area contributed by atoms with Gasteiger partial charge < -0.3 is 30.5 Å². The van der Waals surface area contributed by atoms with Crippen LogP contribution in [0.1, 0.15) is 57.1 Å². The van der Waals surface area contributed by atoms with E-state index < -0.39 is 23.0 Å². The first-order valence-corrected chi connectivity index (χ1v) is 12.5. The summed E-state index contributed by atoms with van der Waals surface area (Å²) in [6, 6.07) is 5.32. The van der Waals surface area contributed by atoms with Gasteiger partial charge in [-0.05, 0) is 64.5 Å². The number of hydrogen-bond donors (Lipinski definition) is 3. The molecule has 1 saturated carbocycles. The van der Waals surface area contributed by atoms with E-state index in [0.717, 1.165) is 25.7 Å². The number of pyridine rings is 1. The van der Waals surface area contributed by atoms with E-state index in [1.54, 1.807) is 39.1 Å². The molecule has 198 valence electrons. The third-order valence-electron chi connectivity index (χ3n) is 6.95. The summed E-state index contributed by atoms with van der Waals surface area (Å²) in [7, 11) is 0. The molecule has 2 aliphatic rings. The van der Waals surface area contributed by atoms with Gasteiger partial charge >= 0.3 is 6.01 Å². The van der Waals surface area contributed by atoms with Gasteiger partial charge in [-0.1, -0.05) is 0 Å². The fraction of sp³-hybridized carbons (Fsp3) is 0.600. The van der Waals surface area contributed by atoms with Crippen LogP contribution in [0.5, 0.6) is 11.8 Å². The smallest absolute Gasteiger partial charge is 0.322 e. The first kappa shape index (κ1) is 26.3. The zero-order valence-electron chi connectivity index (χ0n) is 21.5. The van der Waals surface area contributed by atoms with Gasteiger partial charge in [-0.2, -0.15) is 20.2 Å². The van der Waals surface area contributed by atoms with Crippen molar-refractivity contribution < 1.29 is 19.4 Å². The molecule has 0 spiro atoms. The highest BCUT2D eigenvalue weighted by atomic mass is 16.5. The lowest BCUT2D eigenvalue weighted by atomic mass is 9.98. The van der Waals surface area contributed by atoms with Crippen molar-refractivity contribution in [2.75, 3.05) is 36.9 Å². The van der Waals surface area contributed by atoms with Crippen molar-refractivity contribution >= 4 is 17.7 Å². The van der Waals surface area contributed by atoms with Crippen molar-refractivity contribution in [3.63, 3.8) is 0 Å². The maximum absolute atomic E-state index is 12.9. The van der Waals surface area contributed by atoms with Gasteiger partial charge in [-0.15, -0.1) is 0 Å². The molecule has 1 saturated heterocycles. The largest absolute Gasteiger partial charge is 0.489 e. The van der Waals surface area contributed by atoms with E-state index >= 15 is 0 Å². The SMILES string of the molecule is CC(NC(=O)c1nc(OCC2(C#N)CC2)nc(N2CCC(COc3cccnc3N)CC2)n1)C(C)(C)O. The minimum Gasteiger partial charge on any atom is -0.489 e. The highest BCUT2D eigenvalue weighted by Crippen LogP contribution is 2.44. The third kappa shape index (κ3) is 6.74. The number of carbonyl (C=O) groups is 1. The van der Waals surface area contributed by atoms with E-state index in [2.05, 4.69) is 31.3 Å². The Morgan fingerprint density at radius 1 is 1.32 bits per heavy atom. The number of aromatic nitrogens is 4. The Bertz CT molecular complexity index is 1150. The van der Waals surface area contributed by atoms with Crippen LogP contribution in [0.25, 0.3) is 0 Å². The number of nitriles is 1. The molecule has 12 nitrogen and oxygen atoms in total. The number of rotatable bonds is 10. The second kappa shape index (κ2) is 10.7. The number of aliphatic hydroxyl groups is 1. The fourth-order valence-electron chi connectivity index (χ4n) is 3.77. The maximum Gasteiger partial charge on any atom is 0.322 e. The monoisotopic (exact) mass is 510 g/mol. The zero-order chi connectivity index (χ0) is 26.6. The lowest BCUT2D eigenvalue weighted by molar-refractivity contribution is 0.0405. The van der Waals surface area contributed by atoms with Crippen LogP contribution >= 0.6 is 0 Å². The Balaban J connectivity index is 1.44. The topological polar surface area (TPSA) is 172 Å². The summed E-state index contributed by atoms with van der Waals surface area (Å²) >= 11 is 0. The summed E-state index contributed by atoms with van der Waals surface area (Å²) in [5.41, 5.74) is 4.22. The summed E-state index contributed by atoms with van der Waals surface area (Å²) in [5, 5.41) is 22.3. The molecule has 2 fully saturated rings. The highest BCUT2D eigenvalue weighted by Gasteiger charge is 2.44. The van der Waals surface area contributed by atoms with Crippen molar-refractivity contribution in [3.05, 3.63) is 24.2 Å². The summed E-state index contributed by atoms with van der Waals surface area (Å²) < 4.78 is 11.6. The van der Waals surface area contributed by atoms with E-state index in [0.29, 0.717) is 43.1 Å². The molecular weight excluding hydrogens is 476 g/mol. The van der Waals surface area contributed by atoms with Crippen LogP contribution < -0.4 is 25.4 Å². The number of nitrogens with zero attached hydrogens (tertiary/aromatic N) is 6. The first-order chi connectivity index (χ1) is 17.6. The first-order valence-electron chi connectivity index (χ1n) is 12.5. The second-order valence-corrected chi connectivity index (χ2v) is 10.4. The molecule has 2 aromatic rings. The molecule has 4 rings (SSSR count). The second-order valence-electron chi connectivity index (χ2n) is 10.4. The summed E-state index contributed by atoms with van der Waals surface area (Å²) in [4.78, 5) is 32.0. The van der Waals surface area contributed by atoms with Gasteiger partial charge in [0.25, 0.3) is 5.91 Å². The molecule has 1 unspecified atom stereocenters. The minimum atomic E-state index is -1.12. The van der Waals surface area contributed by atoms with Crippen molar-refractivity contribution in [1.82, 2.24) is 25.3 Å². The van der Waals surface area contributed by atoms with Gasteiger partial charge in [-0.25, -0.2) is 4.98 Å². The molecule has 37 heavy (non-hydrogen) atoms. The number of nitrogens with two attached hydrogens (primary N) is 1. The summed E-state index contributed by atoms with van der Waals surface area (Å²) in [6.45, 7) is 6.91. The van der Waals surface area contributed by atoms with Gasteiger partial charge in [0.15, 0.2) is 11.6 Å². The standard InChI is InChI=1S/C25H34N8O4/c1-16(24(2,3)35)29-21(34)20-30-22(32-23(31-20)37-15-25(14-26)8-9-25)33-11-6-17(7-12-33)13-36-18-5-4-10-28-19(18)27/h4-5,10,16-17,35H,6-9,11-13,15H2,1-3H3,(H2,27,28)(H,29,34). The molecule has 12 heteroatoms. The predicted molar refractivity (Wildman–Crippen MR) is 135 cm³/mol. The average Bonchev–Trinajstić information content (AvgIpc) is 3.67. The molecule has 1 aliphatic heterocycles. The van der Waals surface area contributed by atoms with E-state index in [1.165, 1.54) is 0 Å². The van der Waals surface area contributed by atoms with Crippen LogP contribution in [0.4, 0.5) is 11.8 Å². The number of nitrogen functional groups attached to an aromatic ring is 1. The van der Waals surface area contributed by atoms with Crippen molar-refractivity contribution in [2.24, 2.45) is 11.3 Å². The Labute approximate surface area is 216 Å². The van der Waals surface area contributed by atoms with Crippen LogP contribution in [0.2, 0.25) is 0 Å². The third-order valence-corrected chi connectivity index (χ3v) is 6.95. The molecule has 1 atom stereocenters. The van der Waals surface area contributed by atoms with Crippen LogP contribution in [0, 0.1) is 22.7 Å². The van der Waals surface area contributed by atoms with Gasteiger partial charge in [0, 0.05) is 19.3 Å². The Morgan fingerprint density at radius 3 is 2.68 bits per heavy atom. The van der Waals surface area contributed by atoms with Crippen LogP contribution in [0.3, 0.4) is 0 Å². The molecule has 0 aromatic carbocycles. The van der Waals surface area contributed by atoms with Gasteiger partial charge in [0.1, 0.15) is 6.61 Å². The molecule has 3 heterocycles. The number of ether oxygens (including phenoxy) is 2. The Morgan fingerprint density at radius 2 is 2.05 bits per heavy atom. The molecule has 2 aromatic heterocycles. The molecule has 1 aliphatic carbocycles. The van der Waals surface area contributed by atoms with Gasteiger partial charge in [0.05, 0.1) is 29.7 Å². The highest BCUT2D eigenvalue weighted by molar-refractivity contribution is 5.91. The van der Waals surface area contributed by atoms with E-state index in [-0.39, 0.29) is 18.4 Å². The zero-order valence-corrected chi connectivity index (χ0v) is 21.5. The minimum absolute atomic E-state index is 0.00472.